The number of carbonyl (C=O) groups is 2. The highest BCUT2D eigenvalue weighted by Crippen LogP contribution is 2.15. The number of rotatable bonds is 6. The van der Waals surface area contributed by atoms with Gasteiger partial charge in [-0.2, -0.15) is 0 Å². The van der Waals surface area contributed by atoms with Crippen LogP contribution >= 0.6 is 12.2 Å². The third-order valence-electron chi connectivity index (χ3n) is 3.95. The second kappa shape index (κ2) is 9.48. The fourth-order valence-corrected chi connectivity index (χ4v) is 2.71. The van der Waals surface area contributed by atoms with Crippen molar-refractivity contribution in [2.24, 2.45) is 0 Å². The number of amides is 1. The Bertz CT molecular complexity index is 1020. The molecule has 3 aromatic carbocycles. The zero-order valence-corrected chi connectivity index (χ0v) is 16.1. The number of benzene rings is 3. The lowest BCUT2D eigenvalue weighted by Crippen LogP contribution is -2.34. The maximum Gasteiger partial charge on any atom is 0.257 e. The van der Waals surface area contributed by atoms with Gasteiger partial charge in [0.25, 0.3) is 5.91 Å². The summed E-state index contributed by atoms with van der Waals surface area (Å²) in [5.74, 6) is -1.08. The van der Waals surface area contributed by atoms with E-state index in [0.717, 1.165) is 5.56 Å². The van der Waals surface area contributed by atoms with E-state index in [1.54, 1.807) is 24.3 Å². The van der Waals surface area contributed by atoms with Crippen LogP contribution in [0.15, 0.2) is 78.9 Å². The van der Waals surface area contributed by atoms with Crippen molar-refractivity contribution in [3.63, 3.8) is 0 Å². The van der Waals surface area contributed by atoms with Gasteiger partial charge in [0.2, 0.25) is 0 Å². The monoisotopic (exact) mass is 405 g/mol. The first-order chi connectivity index (χ1) is 14.0. The van der Waals surface area contributed by atoms with Crippen molar-refractivity contribution >= 4 is 34.9 Å². The fourth-order valence-electron chi connectivity index (χ4n) is 2.50. The molecule has 3 aromatic rings. The lowest BCUT2D eigenvalue weighted by atomic mass is 10.2. The van der Waals surface area contributed by atoms with E-state index in [1.165, 1.54) is 24.3 Å². The smallest absolute Gasteiger partial charge is 0.257 e. The Hall–Kier alpha value is -3.71. The molecule has 0 aromatic heterocycles. The summed E-state index contributed by atoms with van der Waals surface area (Å²) < 4.78 is 5.73. The van der Waals surface area contributed by atoms with Gasteiger partial charge in [-0.1, -0.05) is 48.5 Å². The van der Waals surface area contributed by atoms with Crippen LogP contribution in [0.5, 0.6) is 5.75 Å². The van der Waals surface area contributed by atoms with Gasteiger partial charge in [-0.15, -0.1) is 0 Å². The predicted molar refractivity (Wildman–Crippen MR) is 112 cm³/mol. The molecule has 0 saturated heterocycles. The van der Waals surface area contributed by atoms with Crippen LogP contribution in [-0.4, -0.2) is 17.0 Å². The number of hydrogen-bond acceptors (Lipinski definition) is 5. The second-order valence-electron chi connectivity index (χ2n) is 6.08. The lowest BCUT2D eigenvalue weighted by molar-refractivity contribution is -0.255. The average Bonchev–Trinajstić information content (AvgIpc) is 2.73. The molecule has 0 atom stereocenters. The van der Waals surface area contributed by atoms with E-state index in [4.69, 9.17) is 17.0 Å². The van der Waals surface area contributed by atoms with Gasteiger partial charge in [-0.05, 0) is 53.7 Å². The predicted octanol–water partition coefficient (Wildman–Crippen LogP) is 2.76. The molecule has 7 heteroatoms. The highest BCUT2D eigenvalue weighted by Gasteiger charge is 2.09. The molecule has 0 unspecified atom stereocenters. The Morgan fingerprint density at radius 2 is 1.62 bits per heavy atom. The maximum atomic E-state index is 12.4. The van der Waals surface area contributed by atoms with Crippen molar-refractivity contribution in [1.29, 1.82) is 0 Å². The zero-order valence-electron chi connectivity index (χ0n) is 15.3. The fraction of sp³-hybridized carbons (Fsp3) is 0.0455. The summed E-state index contributed by atoms with van der Waals surface area (Å²) in [6.07, 6.45) is 0. The van der Waals surface area contributed by atoms with Gasteiger partial charge >= 0.3 is 0 Å². The lowest BCUT2D eigenvalue weighted by Gasteiger charge is -2.11. The van der Waals surface area contributed by atoms with Gasteiger partial charge in [0.05, 0.1) is 5.97 Å². The molecule has 0 saturated carbocycles. The summed E-state index contributed by atoms with van der Waals surface area (Å²) in [6, 6.07) is 22.3. The van der Waals surface area contributed by atoms with Crippen LogP contribution in [0, 0.1) is 0 Å². The molecule has 6 nitrogen and oxygen atoms in total. The molecule has 0 radical (unpaired) electrons. The Morgan fingerprint density at radius 1 is 0.897 bits per heavy atom. The van der Waals surface area contributed by atoms with Crippen LogP contribution in [0.3, 0.4) is 0 Å². The summed E-state index contributed by atoms with van der Waals surface area (Å²) in [5, 5.41) is 16.3. The molecule has 0 fully saturated rings. The molecular weight excluding hydrogens is 388 g/mol. The molecular formula is C22H17N2O4S-. The Kier molecular flexibility index (Phi) is 6.55. The van der Waals surface area contributed by atoms with E-state index in [0.29, 0.717) is 23.6 Å². The molecule has 0 aliphatic heterocycles. The zero-order chi connectivity index (χ0) is 20.6. The van der Waals surface area contributed by atoms with E-state index < -0.39 is 5.97 Å². The standard InChI is InChI=1S/C22H18N2O4S/c25-20(24-22(29)23-18-11-9-16(10-12-18)21(26)27)17-7-4-8-19(13-17)28-14-15-5-2-1-3-6-15/h1-13H,14H2,(H,26,27)(H2,23,24,25,29)/p-1. The van der Waals surface area contributed by atoms with Crippen LogP contribution in [-0.2, 0) is 6.61 Å². The molecule has 0 bridgehead atoms. The number of nitrogens with one attached hydrogen (secondary N) is 2. The molecule has 0 aliphatic carbocycles. The Balaban J connectivity index is 1.57. The van der Waals surface area contributed by atoms with Crippen molar-refractivity contribution < 1.29 is 19.4 Å². The van der Waals surface area contributed by atoms with Crippen LogP contribution < -0.4 is 20.5 Å². The van der Waals surface area contributed by atoms with E-state index >= 15 is 0 Å². The number of hydrogen-bond donors (Lipinski definition) is 2. The van der Waals surface area contributed by atoms with E-state index in [1.807, 2.05) is 30.3 Å². The quantitative estimate of drug-likeness (QED) is 0.613. The van der Waals surface area contributed by atoms with Crippen molar-refractivity contribution in [2.75, 3.05) is 5.32 Å². The average molecular weight is 405 g/mol. The molecule has 3 rings (SSSR count). The van der Waals surface area contributed by atoms with Gasteiger partial charge in [0.1, 0.15) is 12.4 Å². The summed E-state index contributed by atoms with van der Waals surface area (Å²) in [4.78, 5) is 23.2. The van der Waals surface area contributed by atoms with E-state index in [2.05, 4.69) is 10.6 Å². The number of carboxylic acids is 1. The summed E-state index contributed by atoms with van der Waals surface area (Å²) in [6.45, 7) is 0.397. The Morgan fingerprint density at radius 3 is 2.31 bits per heavy atom. The highest BCUT2D eigenvalue weighted by atomic mass is 32.1. The minimum absolute atomic E-state index is 0.0535. The van der Waals surface area contributed by atoms with Crippen LogP contribution in [0.1, 0.15) is 26.3 Å². The van der Waals surface area contributed by atoms with Gasteiger partial charge in [0, 0.05) is 11.3 Å². The molecule has 1 amide bonds. The molecule has 146 valence electrons. The van der Waals surface area contributed by atoms with Crippen molar-refractivity contribution in [2.45, 2.75) is 6.61 Å². The normalized spacial score (nSPS) is 10.1. The first-order valence-corrected chi connectivity index (χ1v) is 9.12. The SMILES string of the molecule is O=C([O-])c1ccc(NC(=S)NC(=O)c2cccc(OCc3ccccc3)c2)cc1. The minimum Gasteiger partial charge on any atom is -0.545 e. The third kappa shape index (κ3) is 5.88. The molecule has 0 aliphatic rings. The topological polar surface area (TPSA) is 90.5 Å². The van der Waals surface area contributed by atoms with Gasteiger partial charge < -0.3 is 20.0 Å². The third-order valence-corrected chi connectivity index (χ3v) is 4.15. The maximum absolute atomic E-state index is 12.4. The number of ether oxygens (including phenoxy) is 1. The number of carboxylic acid groups (broad SMARTS) is 1. The molecule has 2 N–H and O–H groups in total. The second-order valence-corrected chi connectivity index (χ2v) is 6.48. The van der Waals surface area contributed by atoms with E-state index in [-0.39, 0.29) is 16.6 Å². The van der Waals surface area contributed by atoms with E-state index in [9.17, 15) is 14.7 Å². The number of anilines is 1. The largest absolute Gasteiger partial charge is 0.545 e. The molecule has 29 heavy (non-hydrogen) atoms. The number of thiocarbonyl (C=S) groups is 1. The van der Waals surface area contributed by atoms with Gasteiger partial charge in [0.15, 0.2) is 5.11 Å². The van der Waals surface area contributed by atoms with Crippen LogP contribution in [0.25, 0.3) is 0 Å². The number of carbonyl (C=O) groups excluding carboxylic acids is 2. The van der Waals surface area contributed by atoms with Crippen LogP contribution in [0.4, 0.5) is 5.69 Å². The highest BCUT2D eigenvalue weighted by molar-refractivity contribution is 7.80. The van der Waals surface area contributed by atoms with Crippen molar-refractivity contribution in [3.8, 4) is 5.75 Å². The van der Waals surface area contributed by atoms with Crippen molar-refractivity contribution in [1.82, 2.24) is 5.32 Å². The van der Waals surface area contributed by atoms with Crippen LogP contribution in [0.2, 0.25) is 0 Å². The minimum atomic E-state index is -1.26. The summed E-state index contributed by atoms with van der Waals surface area (Å²) in [7, 11) is 0. The van der Waals surface area contributed by atoms with Gasteiger partial charge in [-0.3, -0.25) is 10.1 Å². The molecule has 0 spiro atoms. The van der Waals surface area contributed by atoms with Gasteiger partial charge in [-0.25, -0.2) is 0 Å². The Labute approximate surface area is 173 Å². The first-order valence-electron chi connectivity index (χ1n) is 8.72. The van der Waals surface area contributed by atoms with Crippen molar-refractivity contribution in [3.05, 3.63) is 95.6 Å². The number of aromatic carboxylic acids is 1. The summed E-state index contributed by atoms with van der Waals surface area (Å²) in [5.41, 5.74) is 2.02. The summed E-state index contributed by atoms with van der Waals surface area (Å²) >= 11 is 5.14. The molecule has 0 heterocycles. The first kappa shape index (κ1) is 20.0.